The Morgan fingerprint density at radius 1 is 1.13 bits per heavy atom. The van der Waals surface area contributed by atoms with E-state index in [1.807, 2.05) is 41.5 Å². The number of aliphatic hydroxyl groups is 4. The highest BCUT2D eigenvalue weighted by Gasteiger charge is 2.82. The van der Waals surface area contributed by atoms with E-state index in [1.165, 1.54) is 0 Å². The summed E-state index contributed by atoms with van der Waals surface area (Å²) in [5.41, 5.74) is -4.25. The van der Waals surface area contributed by atoms with Crippen LogP contribution < -0.4 is 0 Å². The van der Waals surface area contributed by atoms with Crippen LogP contribution in [0, 0.1) is 40.4 Å². The summed E-state index contributed by atoms with van der Waals surface area (Å²) in [6.07, 6.45) is 0.492. The summed E-state index contributed by atoms with van der Waals surface area (Å²) in [5, 5.41) is 47.4. The molecule has 0 aromatic rings. The zero-order valence-corrected chi connectivity index (χ0v) is 24.0. The molecule has 0 aromatic heterocycles. The van der Waals surface area contributed by atoms with Crippen LogP contribution in [0.1, 0.15) is 74.7 Å². The largest absolute Gasteiger partial charge is 0.461 e. The highest BCUT2D eigenvalue weighted by molar-refractivity contribution is 5.72. The van der Waals surface area contributed by atoms with Gasteiger partial charge in [-0.1, -0.05) is 60.6 Å². The van der Waals surface area contributed by atoms with Gasteiger partial charge in [-0.15, -0.1) is 0 Å². The van der Waals surface area contributed by atoms with Crippen molar-refractivity contribution in [1.82, 2.24) is 0 Å². The Labute approximate surface area is 226 Å². The number of carbonyl (C=O) groups excluding carboxylic acids is 2. The molecule has 0 aromatic carbocycles. The van der Waals surface area contributed by atoms with Gasteiger partial charge in [-0.05, 0) is 42.7 Å². The van der Waals surface area contributed by atoms with E-state index >= 15 is 0 Å². The first-order valence-corrected chi connectivity index (χ1v) is 14.1. The maximum absolute atomic E-state index is 12.8. The van der Waals surface area contributed by atoms with Crippen molar-refractivity contribution in [2.45, 2.75) is 104 Å². The maximum Gasteiger partial charge on any atom is 0.309 e. The molecule has 2 bridgehead atoms. The summed E-state index contributed by atoms with van der Waals surface area (Å²) in [7, 11) is 0. The minimum atomic E-state index is -2.16. The third kappa shape index (κ3) is 3.70. The SMILES string of the molecule is CCCC(=O)O[C@@]12C[C@@H](C)[C@]34C=C(C)[C@H](O)[C@@]3(O)[C@H](O)C(COC(=O)C(C)C(C)C)=C[C@H](C4O)[C@@H]1C2(C)C. The lowest BCUT2D eigenvalue weighted by Crippen LogP contribution is -2.66. The molecule has 4 aliphatic carbocycles. The van der Waals surface area contributed by atoms with E-state index in [4.69, 9.17) is 9.47 Å². The lowest BCUT2D eigenvalue weighted by atomic mass is 9.58. The maximum atomic E-state index is 12.8. The molecule has 2 saturated carbocycles. The standard InChI is InChI=1S/C30H46O8/c1-9-10-21(31)38-29-13-17(5)28-12-16(4)23(32)30(28,36)24(33)19(14-37-26(35)18(6)15(2)3)11-20(25(28)34)22(29)27(29,7)8/h11-12,15,17-18,20,22-25,32-34,36H,9-10,13-14H2,1-8H3/t17-,18?,20+,22-,23+,24-,25?,28+,29+,30-/m1/s1. The van der Waals surface area contributed by atoms with Crippen LogP contribution in [-0.2, 0) is 19.1 Å². The number of esters is 2. The number of aliphatic hydroxyl groups excluding tert-OH is 3. The van der Waals surface area contributed by atoms with Gasteiger partial charge in [-0.3, -0.25) is 9.59 Å². The van der Waals surface area contributed by atoms with Crippen molar-refractivity contribution >= 4 is 11.9 Å². The van der Waals surface area contributed by atoms with Crippen molar-refractivity contribution in [1.29, 1.82) is 0 Å². The lowest BCUT2D eigenvalue weighted by molar-refractivity contribution is -0.217. The molecule has 0 amide bonds. The molecule has 0 saturated heterocycles. The zero-order chi connectivity index (χ0) is 28.6. The average Bonchev–Trinajstić information content (AvgIpc) is 3.25. The van der Waals surface area contributed by atoms with Crippen LogP contribution in [0.2, 0.25) is 0 Å². The number of fused-ring (bicyclic) bond motifs is 3. The molecule has 0 aliphatic heterocycles. The molecule has 2 unspecified atom stereocenters. The van der Waals surface area contributed by atoms with Gasteiger partial charge in [-0.25, -0.2) is 0 Å². The van der Waals surface area contributed by atoms with E-state index < -0.39 is 58.1 Å². The Morgan fingerprint density at radius 3 is 2.34 bits per heavy atom. The topological polar surface area (TPSA) is 134 Å². The van der Waals surface area contributed by atoms with E-state index in [9.17, 15) is 30.0 Å². The monoisotopic (exact) mass is 534 g/mol. The Hall–Kier alpha value is -1.74. The third-order valence-electron chi connectivity index (χ3n) is 10.6. The first-order valence-electron chi connectivity index (χ1n) is 14.1. The van der Waals surface area contributed by atoms with Gasteiger partial charge in [0, 0.05) is 23.7 Å². The van der Waals surface area contributed by atoms with Gasteiger partial charge in [0.2, 0.25) is 0 Å². The normalized spacial score (nSPS) is 43.6. The highest BCUT2D eigenvalue weighted by Crippen LogP contribution is 2.76. The predicted octanol–water partition coefficient (Wildman–Crippen LogP) is 2.92. The van der Waals surface area contributed by atoms with E-state index in [0.717, 1.165) is 0 Å². The molecule has 214 valence electrons. The second-order valence-electron chi connectivity index (χ2n) is 13.3. The van der Waals surface area contributed by atoms with Crippen LogP contribution in [0.15, 0.2) is 23.3 Å². The fourth-order valence-electron chi connectivity index (χ4n) is 8.04. The Bertz CT molecular complexity index is 1040. The smallest absolute Gasteiger partial charge is 0.309 e. The summed E-state index contributed by atoms with van der Waals surface area (Å²) in [6, 6.07) is 0. The highest BCUT2D eigenvalue weighted by atomic mass is 16.6. The second-order valence-corrected chi connectivity index (χ2v) is 13.3. The minimum Gasteiger partial charge on any atom is -0.461 e. The first kappa shape index (κ1) is 29.2. The predicted molar refractivity (Wildman–Crippen MR) is 140 cm³/mol. The van der Waals surface area contributed by atoms with Gasteiger partial charge in [-0.2, -0.15) is 0 Å². The fourth-order valence-corrected chi connectivity index (χ4v) is 8.04. The van der Waals surface area contributed by atoms with Crippen LogP contribution in [-0.4, -0.2) is 68.5 Å². The van der Waals surface area contributed by atoms with E-state index in [-0.39, 0.29) is 42.3 Å². The molecule has 10 atom stereocenters. The van der Waals surface area contributed by atoms with E-state index in [0.29, 0.717) is 18.4 Å². The second kappa shape index (κ2) is 9.43. The fraction of sp³-hybridized carbons (Fsp3) is 0.800. The molecule has 38 heavy (non-hydrogen) atoms. The molecule has 8 nitrogen and oxygen atoms in total. The molecule has 2 fully saturated rings. The van der Waals surface area contributed by atoms with Crippen LogP contribution in [0.4, 0.5) is 0 Å². The van der Waals surface area contributed by atoms with Crippen LogP contribution in [0.25, 0.3) is 0 Å². The molecule has 1 spiro atoms. The van der Waals surface area contributed by atoms with Crippen LogP contribution >= 0.6 is 0 Å². The lowest BCUT2D eigenvalue weighted by Gasteiger charge is -2.51. The van der Waals surface area contributed by atoms with Crippen molar-refractivity contribution < 1.29 is 39.5 Å². The third-order valence-corrected chi connectivity index (χ3v) is 10.6. The average molecular weight is 535 g/mol. The number of hydrogen-bond donors (Lipinski definition) is 4. The van der Waals surface area contributed by atoms with Crippen molar-refractivity contribution in [2.24, 2.45) is 40.4 Å². The minimum absolute atomic E-state index is 0.0579. The van der Waals surface area contributed by atoms with Crippen molar-refractivity contribution in [2.75, 3.05) is 6.61 Å². The molecule has 4 rings (SSSR count). The zero-order valence-electron chi connectivity index (χ0n) is 24.0. The van der Waals surface area contributed by atoms with Gasteiger partial charge in [0.15, 0.2) is 0 Å². The van der Waals surface area contributed by atoms with Crippen molar-refractivity contribution in [3.8, 4) is 0 Å². The van der Waals surface area contributed by atoms with Gasteiger partial charge < -0.3 is 29.9 Å². The Kier molecular flexibility index (Phi) is 7.26. The summed E-state index contributed by atoms with van der Waals surface area (Å²) in [5.74, 6) is -2.43. The van der Waals surface area contributed by atoms with Gasteiger partial charge in [0.1, 0.15) is 30.0 Å². The summed E-state index contributed by atoms with van der Waals surface area (Å²) in [6.45, 7) is 14.8. The molecule has 4 N–H and O–H groups in total. The number of hydrogen-bond acceptors (Lipinski definition) is 8. The quantitative estimate of drug-likeness (QED) is 0.289. The van der Waals surface area contributed by atoms with Crippen molar-refractivity contribution in [3.63, 3.8) is 0 Å². The Morgan fingerprint density at radius 2 is 1.76 bits per heavy atom. The molecular formula is C30H46O8. The van der Waals surface area contributed by atoms with E-state index in [1.54, 1.807) is 26.0 Å². The van der Waals surface area contributed by atoms with Gasteiger partial charge in [0.25, 0.3) is 0 Å². The van der Waals surface area contributed by atoms with Gasteiger partial charge >= 0.3 is 11.9 Å². The summed E-state index contributed by atoms with van der Waals surface area (Å²) < 4.78 is 11.8. The number of carbonyl (C=O) groups is 2. The van der Waals surface area contributed by atoms with Crippen molar-refractivity contribution in [3.05, 3.63) is 23.3 Å². The Balaban J connectivity index is 1.84. The summed E-state index contributed by atoms with van der Waals surface area (Å²) in [4.78, 5) is 25.5. The molecule has 0 radical (unpaired) electrons. The van der Waals surface area contributed by atoms with Crippen LogP contribution in [0.3, 0.4) is 0 Å². The summed E-state index contributed by atoms with van der Waals surface area (Å²) >= 11 is 0. The molecule has 0 heterocycles. The molecular weight excluding hydrogens is 488 g/mol. The van der Waals surface area contributed by atoms with Crippen LogP contribution in [0.5, 0.6) is 0 Å². The molecule has 8 heteroatoms. The van der Waals surface area contributed by atoms with Gasteiger partial charge in [0.05, 0.1) is 17.4 Å². The number of rotatable bonds is 7. The van der Waals surface area contributed by atoms with E-state index in [2.05, 4.69) is 0 Å². The number of ether oxygens (including phenoxy) is 2. The first-order chi connectivity index (χ1) is 17.5. The molecule has 4 aliphatic rings.